The summed E-state index contributed by atoms with van der Waals surface area (Å²) in [6, 6.07) is 5.89. The highest BCUT2D eigenvalue weighted by molar-refractivity contribution is 9.10. The van der Waals surface area contributed by atoms with Crippen LogP contribution in [-0.2, 0) is 0 Å². The summed E-state index contributed by atoms with van der Waals surface area (Å²) in [4.78, 5) is 4.20. The summed E-state index contributed by atoms with van der Waals surface area (Å²) in [6.07, 6.45) is -0.107. The maximum absolute atomic E-state index is 9.62. The van der Waals surface area contributed by atoms with Crippen LogP contribution in [0.3, 0.4) is 0 Å². The van der Waals surface area contributed by atoms with Crippen LogP contribution in [-0.4, -0.2) is 15.2 Å². The molecule has 0 radical (unpaired) electrons. The predicted molar refractivity (Wildman–Crippen MR) is 67.4 cm³/mol. The standard InChI is InChI=1S/C12H13BrN2O2/c1-3-10(16)11-14-12(17-15-11)8-6-7(2)4-5-9(8)13/h4-6,10,16H,3H2,1-2H3. The number of aryl methyl sites for hydroxylation is 1. The van der Waals surface area contributed by atoms with Crippen LogP contribution in [0.2, 0.25) is 0 Å². The van der Waals surface area contributed by atoms with Crippen molar-refractivity contribution >= 4 is 15.9 Å². The van der Waals surface area contributed by atoms with E-state index in [9.17, 15) is 5.11 Å². The fraction of sp³-hybridized carbons (Fsp3) is 0.333. The van der Waals surface area contributed by atoms with E-state index in [4.69, 9.17) is 4.52 Å². The van der Waals surface area contributed by atoms with Crippen molar-refractivity contribution in [3.8, 4) is 11.5 Å². The van der Waals surface area contributed by atoms with E-state index >= 15 is 0 Å². The van der Waals surface area contributed by atoms with Gasteiger partial charge in [-0.05, 0) is 41.4 Å². The van der Waals surface area contributed by atoms with Crippen LogP contribution < -0.4 is 0 Å². The smallest absolute Gasteiger partial charge is 0.259 e. The first-order chi connectivity index (χ1) is 8.11. The van der Waals surface area contributed by atoms with Crippen molar-refractivity contribution in [2.24, 2.45) is 0 Å². The number of aromatic nitrogens is 2. The molecule has 0 bridgehead atoms. The van der Waals surface area contributed by atoms with E-state index in [1.165, 1.54) is 0 Å². The van der Waals surface area contributed by atoms with Gasteiger partial charge in [0, 0.05) is 4.47 Å². The molecule has 0 aliphatic rings. The van der Waals surface area contributed by atoms with Crippen LogP contribution in [0.5, 0.6) is 0 Å². The minimum absolute atomic E-state index is 0.330. The van der Waals surface area contributed by atoms with Gasteiger partial charge in [0.15, 0.2) is 0 Å². The molecule has 0 aliphatic carbocycles. The molecule has 1 aromatic carbocycles. The Kier molecular flexibility index (Phi) is 3.59. The molecule has 90 valence electrons. The molecular formula is C12H13BrN2O2. The lowest BCUT2D eigenvalue weighted by Gasteiger charge is -2.00. The van der Waals surface area contributed by atoms with Crippen molar-refractivity contribution in [1.29, 1.82) is 0 Å². The Morgan fingerprint density at radius 1 is 1.47 bits per heavy atom. The summed E-state index contributed by atoms with van der Waals surface area (Å²) >= 11 is 3.44. The van der Waals surface area contributed by atoms with Gasteiger partial charge in [0.25, 0.3) is 5.89 Å². The summed E-state index contributed by atoms with van der Waals surface area (Å²) in [5, 5.41) is 13.4. The zero-order chi connectivity index (χ0) is 12.4. The van der Waals surface area contributed by atoms with Gasteiger partial charge in [-0.15, -0.1) is 0 Å². The molecule has 0 fully saturated rings. The molecule has 0 spiro atoms. The minimum Gasteiger partial charge on any atom is -0.385 e. The molecule has 1 aromatic heterocycles. The fourth-order valence-corrected chi connectivity index (χ4v) is 1.88. The average molecular weight is 297 g/mol. The van der Waals surface area contributed by atoms with Crippen LogP contribution in [0.25, 0.3) is 11.5 Å². The summed E-state index contributed by atoms with van der Waals surface area (Å²) < 4.78 is 6.05. The minimum atomic E-state index is -0.670. The van der Waals surface area contributed by atoms with E-state index in [0.717, 1.165) is 15.6 Å². The summed E-state index contributed by atoms with van der Waals surface area (Å²) in [5.41, 5.74) is 1.95. The Morgan fingerprint density at radius 3 is 2.94 bits per heavy atom. The van der Waals surface area contributed by atoms with Crippen molar-refractivity contribution < 1.29 is 9.63 Å². The molecule has 1 N–H and O–H groups in total. The second kappa shape index (κ2) is 4.98. The van der Waals surface area contributed by atoms with Crippen LogP contribution in [0.4, 0.5) is 0 Å². The molecule has 1 unspecified atom stereocenters. The number of halogens is 1. The number of rotatable bonds is 3. The molecule has 1 heterocycles. The second-order valence-corrected chi connectivity index (χ2v) is 4.72. The monoisotopic (exact) mass is 296 g/mol. The Morgan fingerprint density at radius 2 is 2.24 bits per heavy atom. The van der Waals surface area contributed by atoms with Gasteiger partial charge in [-0.1, -0.05) is 23.7 Å². The number of aliphatic hydroxyl groups excluding tert-OH is 1. The highest BCUT2D eigenvalue weighted by Gasteiger charge is 2.16. The van der Waals surface area contributed by atoms with E-state index in [0.29, 0.717) is 18.1 Å². The average Bonchev–Trinajstić information content (AvgIpc) is 2.80. The molecular weight excluding hydrogens is 284 g/mol. The highest BCUT2D eigenvalue weighted by Crippen LogP contribution is 2.28. The maximum Gasteiger partial charge on any atom is 0.259 e. The SMILES string of the molecule is CCC(O)c1noc(-c2cc(C)ccc2Br)n1. The van der Waals surface area contributed by atoms with Gasteiger partial charge in [0.2, 0.25) is 5.82 Å². The molecule has 0 saturated carbocycles. The highest BCUT2D eigenvalue weighted by atomic mass is 79.9. The fourth-order valence-electron chi connectivity index (χ4n) is 1.47. The molecule has 1 atom stereocenters. The number of hydrogen-bond donors (Lipinski definition) is 1. The van der Waals surface area contributed by atoms with Crippen LogP contribution >= 0.6 is 15.9 Å². The molecule has 5 heteroatoms. The molecule has 2 rings (SSSR count). The topological polar surface area (TPSA) is 59.2 Å². The first kappa shape index (κ1) is 12.3. The van der Waals surface area contributed by atoms with Gasteiger partial charge in [0.05, 0.1) is 5.56 Å². The Balaban J connectivity index is 2.40. The number of aliphatic hydroxyl groups is 1. The molecule has 17 heavy (non-hydrogen) atoms. The van der Waals surface area contributed by atoms with Gasteiger partial charge in [0.1, 0.15) is 6.10 Å². The van der Waals surface area contributed by atoms with Crippen molar-refractivity contribution in [3.63, 3.8) is 0 Å². The summed E-state index contributed by atoms with van der Waals surface area (Å²) in [6.45, 7) is 3.86. The van der Waals surface area contributed by atoms with E-state index < -0.39 is 6.10 Å². The molecule has 4 nitrogen and oxygen atoms in total. The first-order valence-electron chi connectivity index (χ1n) is 5.40. The third-order valence-electron chi connectivity index (χ3n) is 2.48. The lowest BCUT2D eigenvalue weighted by molar-refractivity contribution is 0.159. The van der Waals surface area contributed by atoms with Crippen molar-refractivity contribution in [3.05, 3.63) is 34.1 Å². The molecule has 0 aliphatic heterocycles. The summed E-state index contributed by atoms with van der Waals surface area (Å²) in [5.74, 6) is 0.749. The number of nitrogens with zero attached hydrogens (tertiary/aromatic N) is 2. The van der Waals surface area contributed by atoms with Crippen LogP contribution in [0.15, 0.2) is 27.2 Å². The zero-order valence-electron chi connectivity index (χ0n) is 9.64. The number of benzene rings is 1. The molecule has 0 saturated heterocycles. The lowest BCUT2D eigenvalue weighted by Crippen LogP contribution is -1.97. The van der Waals surface area contributed by atoms with Crippen LogP contribution in [0, 0.1) is 6.92 Å². The van der Waals surface area contributed by atoms with E-state index in [2.05, 4.69) is 26.1 Å². The van der Waals surface area contributed by atoms with Gasteiger partial charge >= 0.3 is 0 Å². The predicted octanol–water partition coefficient (Wildman–Crippen LogP) is 3.25. The third-order valence-corrected chi connectivity index (χ3v) is 3.17. The second-order valence-electron chi connectivity index (χ2n) is 3.87. The largest absolute Gasteiger partial charge is 0.385 e. The van der Waals surface area contributed by atoms with E-state index in [1.807, 2.05) is 32.0 Å². The molecule has 0 amide bonds. The Bertz CT molecular complexity index is 525. The van der Waals surface area contributed by atoms with E-state index in [-0.39, 0.29) is 0 Å². The van der Waals surface area contributed by atoms with E-state index in [1.54, 1.807) is 0 Å². The maximum atomic E-state index is 9.62. The normalized spacial score (nSPS) is 12.7. The van der Waals surface area contributed by atoms with Crippen LogP contribution in [0.1, 0.15) is 30.8 Å². The molecule has 2 aromatic rings. The van der Waals surface area contributed by atoms with Crippen molar-refractivity contribution in [2.75, 3.05) is 0 Å². The third kappa shape index (κ3) is 2.56. The van der Waals surface area contributed by atoms with Crippen molar-refractivity contribution in [2.45, 2.75) is 26.4 Å². The first-order valence-corrected chi connectivity index (χ1v) is 6.19. The number of hydrogen-bond acceptors (Lipinski definition) is 4. The lowest BCUT2D eigenvalue weighted by atomic mass is 10.1. The van der Waals surface area contributed by atoms with Gasteiger partial charge in [-0.2, -0.15) is 4.98 Å². The Hall–Kier alpha value is -1.20. The Labute approximate surface area is 108 Å². The van der Waals surface area contributed by atoms with Gasteiger partial charge in [-0.3, -0.25) is 0 Å². The van der Waals surface area contributed by atoms with Gasteiger partial charge in [-0.25, -0.2) is 0 Å². The van der Waals surface area contributed by atoms with Crippen molar-refractivity contribution in [1.82, 2.24) is 10.1 Å². The summed E-state index contributed by atoms with van der Waals surface area (Å²) in [7, 11) is 0. The quantitative estimate of drug-likeness (QED) is 0.944. The van der Waals surface area contributed by atoms with Gasteiger partial charge < -0.3 is 9.63 Å². The zero-order valence-corrected chi connectivity index (χ0v) is 11.2.